The number of fused-ring (bicyclic) bond motifs is 2. The maximum atomic E-state index is 12.5. The van der Waals surface area contributed by atoms with Crippen LogP contribution in [-0.4, -0.2) is 48.6 Å². The summed E-state index contributed by atoms with van der Waals surface area (Å²) in [6.45, 7) is 6.46. The van der Waals surface area contributed by atoms with Gasteiger partial charge < -0.3 is 15.4 Å². The molecule has 3 heterocycles. The first-order valence-corrected chi connectivity index (χ1v) is 9.92. The third-order valence-corrected chi connectivity index (χ3v) is 5.23. The molecule has 2 amide bonds. The second-order valence-corrected chi connectivity index (χ2v) is 8.73. The highest BCUT2D eigenvalue weighted by atomic mass is 35.5. The fourth-order valence-corrected chi connectivity index (χ4v) is 4.01. The van der Waals surface area contributed by atoms with E-state index in [1.165, 1.54) is 0 Å². The number of aryl methyl sites for hydroxylation is 1. The van der Waals surface area contributed by atoms with Gasteiger partial charge in [-0.15, -0.1) is 0 Å². The van der Waals surface area contributed by atoms with Crippen molar-refractivity contribution in [2.45, 2.75) is 39.5 Å². The zero-order chi connectivity index (χ0) is 21.8. The van der Waals surface area contributed by atoms with E-state index in [1.54, 1.807) is 26.5 Å². The summed E-state index contributed by atoms with van der Waals surface area (Å²) in [6.07, 6.45) is 1.27. The number of carbonyl (C=O) groups is 2. The molecule has 4 rings (SSSR count). The molecular weight excluding hydrogens is 408 g/mol. The van der Waals surface area contributed by atoms with E-state index in [2.05, 4.69) is 10.2 Å². The van der Waals surface area contributed by atoms with Crippen LogP contribution >= 0.6 is 11.6 Å². The molecule has 0 saturated carbocycles. The molecule has 1 aliphatic rings. The summed E-state index contributed by atoms with van der Waals surface area (Å²) < 4.78 is 8.87. The van der Waals surface area contributed by atoms with Gasteiger partial charge in [0.05, 0.1) is 41.1 Å². The van der Waals surface area contributed by atoms with E-state index in [4.69, 9.17) is 22.1 Å². The molecule has 0 bridgehead atoms. The third-order valence-electron chi connectivity index (χ3n) is 4.94. The van der Waals surface area contributed by atoms with Gasteiger partial charge in [0.25, 0.3) is 5.91 Å². The Labute approximate surface area is 178 Å². The Bertz CT molecular complexity index is 1170. The maximum absolute atomic E-state index is 12.5. The van der Waals surface area contributed by atoms with E-state index in [0.717, 1.165) is 10.9 Å². The predicted molar refractivity (Wildman–Crippen MR) is 112 cm³/mol. The van der Waals surface area contributed by atoms with E-state index in [-0.39, 0.29) is 12.1 Å². The lowest BCUT2D eigenvalue weighted by atomic mass is 10.0. The van der Waals surface area contributed by atoms with Gasteiger partial charge in [0, 0.05) is 24.5 Å². The molecule has 0 saturated heterocycles. The highest BCUT2D eigenvalue weighted by Gasteiger charge is 2.31. The Hall–Kier alpha value is -3.07. The zero-order valence-electron chi connectivity index (χ0n) is 17.3. The Morgan fingerprint density at radius 3 is 2.63 bits per heavy atom. The topological polar surface area (TPSA) is 108 Å². The minimum atomic E-state index is -0.611. The van der Waals surface area contributed by atoms with Crippen molar-refractivity contribution in [2.75, 3.05) is 6.54 Å². The highest BCUT2D eigenvalue weighted by molar-refractivity contribution is 6.35. The molecule has 0 spiro atoms. The normalized spacial score (nSPS) is 14.1. The molecule has 2 N–H and O–H groups in total. The first-order valence-electron chi connectivity index (χ1n) is 9.54. The van der Waals surface area contributed by atoms with E-state index < -0.39 is 17.6 Å². The summed E-state index contributed by atoms with van der Waals surface area (Å²) in [7, 11) is 1.81. The lowest BCUT2D eigenvalue weighted by Gasteiger charge is -2.30. The SMILES string of the molecule is Cn1ncc2cc(-c3nn4c(c3C(N)=O)CN(C(=O)OC(C)(C)C)CC4)cc(Cl)c21. The van der Waals surface area contributed by atoms with Crippen LogP contribution in [0.4, 0.5) is 4.79 Å². The van der Waals surface area contributed by atoms with Gasteiger partial charge >= 0.3 is 6.09 Å². The van der Waals surface area contributed by atoms with Crippen LogP contribution in [0.1, 0.15) is 36.8 Å². The van der Waals surface area contributed by atoms with Crippen LogP contribution < -0.4 is 5.73 Å². The number of carbonyl (C=O) groups excluding carboxylic acids is 2. The van der Waals surface area contributed by atoms with Crippen LogP contribution in [0, 0.1) is 0 Å². The van der Waals surface area contributed by atoms with Crippen molar-refractivity contribution in [2.24, 2.45) is 12.8 Å². The molecule has 158 valence electrons. The van der Waals surface area contributed by atoms with Crippen LogP contribution in [0.15, 0.2) is 18.3 Å². The maximum Gasteiger partial charge on any atom is 0.410 e. The monoisotopic (exact) mass is 430 g/mol. The molecule has 0 atom stereocenters. The fourth-order valence-electron chi connectivity index (χ4n) is 3.66. The van der Waals surface area contributed by atoms with Gasteiger partial charge in [-0.1, -0.05) is 11.6 Å². The number of hydrogen-bond acceptors (Lipinski definition) is 5. The minimum absolute atomic E-state index is 0.184. The number of amides is 2. The lowest BCUT2D eigenvalue weighted by molar-refractivity contribution is 0.0193. The minimum Gasteiger partial charge on any atom is -0.444 e. The lowest BCUT2D eigenvalue weighted by Crippen LogP contribution is -2.42. The van der Waals surface area contributed by atoms with Crippen molar-refractivity contribution in [3.8, 4) is 11.3 Å². The molecule has 10 heteroatoms. The first-order chi connectivity index (χ1) is 14.0. The molecule has 1 aliphatic heterocycles. The van der Waals surface area contributed by atoms with E-state index in [9.17, 15) is 9.59 Å². The van der Waals surface area contributed by atoms with Crippen molar-refractivity contribution < 1.29 is 14.3 Å². The van der Waals surface area contributed by atoms with Gasteiger partial charge in [0.2, 0.25) is 0 Å². The predicted octanol–water partition coefficient (Wildman–Crippen LogP) is 2.94. The second kappa shape index (κ2) is 7.02. The van der Waals surface area contributed by atoms with Crippen LogP contribution in [0.5, 0.6) is 0 Å². The zero-order valence-corrected chi connectivity index (χ0v) is 18.0. The Kier molecular flexibility index (Phi) is 4.73. The summed E-state index contributed by atoms with van der Waals surface area (Å²) in [5.41, 5.74) is 7.87. The van der Waals surface area contributed by atoms with Crippen molar-refractivity contribution in [3.05, 3.63) is 34.6 Å². The Balaban J connectivity index is 1.76. The average molecular weight is 431 g/mol. The van der Waals surface area contributed by atoms with Crippen molar-refractivity contribution >= 4 is 34.5 Å². The number of ether oxygens (including phenoxy) is 1. The Morgan fingerprint density at radius 2 is 1.97 bits per heavy atom. The van der Waals surface area contributed by atoms with Gasteiger partial charge in [-0.25, -0.2) is 4.79 Å². The number of halogens is 1. The van der Waals surface area contributed by atoms with Crippen LogP contribution in [-0.2, 0) is 24.9 Å². The molecule has 0 aliphatic carbocycles. The molecule has 1 aromatic carbocycles. The average Bonchev–Trinajstić information content (AvgIpc) is 3.20. The number of aromatic nitrogens is 4. The standard InChI is InChI=1S/C20H23ClN6O3/c1-20(2,3)30-19(29)26-5-6-27-14(10-26)15(18(22)28)16(24-27)11-7-12-9-23-25(4)17(12)13(21)8-11/h7-9H,5-6,10H2,1-4H3,(H2,22,28). The van der Waals surface area contributed by atoms with E-state index >= 15 is 0 Å². The highest BCUT2D eigenvalue weighted by Crippen LogP contribution is 2.34. The summed E-state index contributed by atoms with van der Waals surface area (Å²) in [5.74, 6) is -0.611. The molecule has 30 heavy (non-hydrogen) atoms. The summed E-state index contributed by atoms with van der Waals surface area (Å²) in [4.78, 5) is 26.4. The van der Waals surface area contributed by atoms with Crippen molar-refractivity contribution in [1.82, 2.24) is 24.5 Å². The van der Waals surface area contributed by atoms with Gasteiger partial charge in [0.1, 0.15) is 11.3 Å². The van der Waals surface area contributed by atoms with Crippen LogP contribution in [0.25, 0.3) is 22.2 Å². The molecule has 3 aromatic rings. The number of rotatable bonds is 2. The fraction of sp³-hybridized carbons (Fsp3) is 0.400. The molecule has 0 fully saturated rings. The number of primary amides is 1. The quantitative estimate of drug-likeness (QED) is 0.672. The van der Waals surface area contributed by atoms with Gasteiger partial charge in [-0.2, -0.15) is 10.2 Å². The van der Waals surface area contributed by atoms with Gasteiger partial charge in [-0.05, 0) is 32.9 Å². The molecular formula is C20H23ClN6O3. The van der Waals surface area contributed by atoms with E-state index in [1.807, 2.05) is 33.9 Å². The first kappa shape index (κ1) is 20.2. The largest absolute Gasteiger partial charge is 0.444 e. The Morgan fingerprint density at radius 1 is 1.23 bits per heavy atom. The van der Waals surface area contributed by atoms with Crippen molar-refractivity contribution in [3.63, 3.8) is 0 Å². The third kappa shape index (κ3) is 3.49. The van der Waals surface area contributed by atoms with Crippen LogP contribution in [0.2, 0.25) is 5.02 Å². The molecule has 2 aromatic heterocycles. The van der Waals surface area contributed by atoms with Crippen molar-refractivity contribution in [1.29, 1.82) is 0 Å². The van der Waals surface area contributed by atoms with Gasteiger partial charge in [-0.3, -0.25) is 14.2 Å². The summed E-state index contributed by atoms with van der Waals surface area (Å²) in [6, 6.07) is 3.62. The number of nitrogens with zero attached hydrogens (tertiary/aromatic N) is 5. The van der Waals surface area contributed by atoms with Crippen LogP contribution in [0.3, 0.4) is 0 Å². The smallest absolute Gasteiger partial charge is 0.410 e. The summed E-state index contributed by atoms with van der Waals surface area (Å²) >= 11 is 6.46. The second-order valence-electron chi connectivity index (χ2n) is 8.32. The number of benzene rings is 1. The van der Waals surface area contributed by atoms with Gasteiger partial charge in [0.15, 0.2) is 0 Å². The van der Waals surface area contributed by atoms with E-state index in [0.29, 0.717) is 35.1 Å². The number of nitrogens with two attached hydrogens (primary N) is 1. The summed E-state index contributed by atoms with van der Waals surface area (Å²) in [5, 5.41) is 10.2. The number of hydrogen-bond donors (Lipinski definition) is 1. The molecule has 0 unspecified atom stereocenters. The molecule has 0 radical (unpaired) electrons. The molecule has 9 nitrogen and oxygen atoms in total.